The summed E-state index contributed by atoms with van der Waals surface area (Å²) in [5.41, 5.74) is 1.09. The summed E-state index contributed by atoms with van der Waals surface area (Å²) < 4.78 is 6.28. The van der Waals surface area contributed by atoms with E-state index in [2.05, 4.69) is 26.6 Å². The van der Waals surface area contributed by atoms with Crippen LogP contribution in [0.4, 0.5) is 4.79 Å². The van der Waals surface area contributed by atoms with Gasteiger partial charge in [-0.1, -0.05) is 22.0 Å². The summed E-state index contributed by atoms with van der Waals surface area (Å²) in [6.45, 7) is 0.905. The molecule has 0 atom stereocenters. The summed E-state index contributed by atoms with van der Waals surface area (Å²) in [4.78, 5) is 21.8. The van der Waals surface area contributed by atoms with Gasteiger partial charge in [0.2, 0.25) is 0 Å². The number of carboxylic acid groups (broad SMARTS) is 1. The first-order valence-electron chi connectivity index (χ1n) is 7.09. The van der Waals surface area contributed by atoms with Crippen LogP contribution in [-0.4, -0.2) is 37.3 Å². The predicted molar refractivity (Wildman–Crippen MR) is 87.3 cm³/mol. The number of methoxy groups -OCH3 is 1. The molecule has 0 fully saturated rings. The molecular weight excluding hydrogens is 352 g/mol. The van der Waals surface area contributed by atoms with Crippen molar-refractivity contribution in [1.29, 1.82) is 0 Å². The third-order valence-electron chi connectivity index (χ3n) is 3.01. The van der Waals surface area contributed by atoms with Gasteiger partial charge in [-0.15, -0.1) is 0 Å². The monoisotopic (exact) mass is 372 g/mol. The molecule has 0 aromatic heterocycles. The van der Waals surface area contributed by atoms with Crippen molar-refractivity contribution in [3.8, 4) is 5.75 Å². The highest BCUT2D eigenvalue weighted by Gasteiger charge is 2.04. The van der Waals surface area contributed by atoms with Crippen LogP contribution < -0.4 is 15.4 Å². The van der Waals surface area contributed by atoms with Crippen LogP contribution in [0.5, 0.6) is 5.75 Å². The van der Waals surface area contributed by atoms with E-state index in [9.17, 15) is 9.59 Å². The summed E-state index contributed by atoms with van der Waals surface area (Å²) in [7, 11) is 1.63. The molecule has 1 rings (SSSR count). The van der Waals surface area contributed by atoms with Gasteiger partial charge in [0, 0.05) is 24.0 Å². The molecule has 7 heteroatoms. The molecule has 0 spiro atoms. The van der Waals surface area contributed by atoms with E-state index in [1.165, 1.54) is 0 Å². The van der Waals surface area contributed by atoms with Gasteiger partial charge in [0.15, 0.2) is 0 Å². The van der Waals surface area contributed by atoms with Crippen LogP contribution in [0.1, 0.15) is 24.8 Å². The fraction of sp³-hybridized carbons (Fsp3) is 0.467. The van der Waals surface area contributed by atoms with Crippen molar-refractivity contribution in [1.82, 2.24) is 10.6 Å². The second kappa shape index (κ2) is 10.0. The lowest BCUT2D eigenvalue weighted by Crippen LogP contribution is -2.36. The molecule has 0 heterocycles. The Hall–Kier alpha value is -1.76. The molecule has 0 unspecified atom stereocenters. The fourth-order valence-corrected chi connectivity index (χ4v) is 2.25. The van der Waals surface area contributed by atoms with E-state index in [1.54, 1.807) is 7.11 Å². The third-order valence-corrected chi connectivity index (χ3v) is 3.50. The number of hydrogen-bond donors (Lipinski definition) is 3. The quantitative estimate of drug-likeness (QED) is 0.581. The fourth-order valence-electron chi connectivity index (χ4n) is 1.91. The maximum atomic E-state index is 11.5. The zero-order valence-corrected chi connectivity index (χ0v) is 14.1. The SMILES string of the molecule is COc1cc(Br)ccc1CCCNC(=O)NCCCC(=O)O. The average molecular weight is 373 g/mol. The number of hydrogen-bond acceptors (Lipinski definition) is 3. The average Bonchev–Trinajstić information content (AvgIpc) is 2.49. The second-order valence-electron chi connectivity index (χ2n) is 4.74. The van der Waals surface area contributed by atoms with Crippen LogP contribution in [0.3, 0.4) is 0 Å². The van der Waals surface area contributed by atoms with Crippen molar-refractivity contribution >= 4 is 27.9 Å². The van der Waals surface area contributed by atoms with Crippen molar-refractivity contribution in [2.45, 2.75) is 25.7 Å². The molecule has 0 saturated heterocycles. The molecule has 1 aromatic carbocycles. The highest BCUT2D eigenvalue weighted by atomic mass is 79.9. The molecule has 0 saturated carbocycles. The van der Waals surface area contributed by atoms with Gasteiger partial charge in [0.05, 0.1) is 7.11 Å². The number of urea groups is 1. The number of aryl methyl sites for hydroxylation is 1. The minimum atomic E-state index is -0.856. The Morgan fingerprint density at radius 1 is 1.23 bits per heavy atom. The van der Waals surface area contributed by atoms with Gasteiger partial charge in [0.1, 0.15) is 5.75 Å². The molecule has 122 valence electrons. The molecule has 3 N–H and O–H groups in total. The first kappa shape index (κ1) is 18.3. The first-order valence-corrected chi connectivity index (χ1v) is 7.88. The molecule has 22 heavy (non-hydrogen) atoms. The van der Waals surface area contributed by atoms with E-state index in [0.717, 1.165) is 28.6 Å². The molecule has 0 aliphatic rings. The summed E-state index contributed by atoms with van der Waals surface area (Å²) in [6, 6.07) is 5.60. The number of amides is 2. The number of aliphatic carboxylic acids is 1. The number of ether oxygens (including phenoxy) is 1. The smallest absolute Gasteiger partial charge is 0.314 e. The molecule has 0 bridgehead atoms. The van der Waals surface area contributed by atoms with Gasteiger partial charge < -0.3 is 20.5 Å². The molecule has 0 aliphatic carbocycles. The lowest BCUT2D eigenvalue weighted by Gasteiger charge is -2.10. The Bertz CT molecular complexity index is 508. The Morgan fingerprint density at radius 2 is 1.91 bits per heavy atom. The predicted octanol–water partition coefficient (Wildman–Crippen LogP) is 2.55. The van der Waals surface area contributed by atoms with Crippen LogP contribution >= 0.6 is 15.9 Å². The standard InChI is InChI=1S/C15H21BrN2O4/c1-22-13-10-12(16)7-6-11(13)4-2-8-17-15(21)18-9-3-5-14(19)20/h6-7,10H,2-5,8-9H2,1H3,(H,19,20)(H2,17,18,21). The van der Waals surface area contributed by atoms with Crippen molar-refractivity contribution in [2.75, 3.05) is 20.2 Å². The molecule has 2 amide bonds. The number of carbonyl (C=O) groups excluding carboxylic acids is 1. The molecule has 6 nitrogen and oxygen atoms in total. The Kier molecular flexibility index (Phi) is 8.35. The van der Waals surface area contributed by atoms with E-state index in [1.807, 2.05) is 18.2 Å². The minimum absolute atomic E-state index is 0.0592. The summed E-state index contributed by atoms with van der Waals surface area (Å²) in [5.74, 6) is -0.0295. The Balaban J connectivity index is 2.19. The Labute approximate surface area is 138 Å². The maximum Gasteiger partial charge on any atom is 0.314 e. The van der Waals surface area contributed by atoms with Crippen LogP contribution in [0.2, 0.25) is 0 Å². The van der Waals surface area contributed by atoms with Crippen LogP contribution in [-0.2, 0) is 11.2 Å². The van der Waals surface area contributed by atoms with Crippen molar-refractivity contribution in [3.63, 3.8) is 0 Å². The lowest BCUT2D eigenvalue weighted by atomic mass is 10.1. The van der Waals surface area contributed by atoms with Gasteiger partial charge in [-0.05, 0) is 37.0 Å². The first-order chi connectivity index (χ1) is 10.5. The van der Waals surface area contributed by atoms with Gasteiger partial charge in [-0.2, -0.15) is 0 Å². The second-order valence-corrected chi connectivity index (χ2v) is 5.66. The van der Waals surface area contributed by atoms with E-state index in [4.69, 9.17) is 9.84 Å². The lowest BCUT2D eigenvalue weighted by molar-refractivity contribution is -0.137. The number of halogens is 1. The van der Waals surface area contributed by atoms with E-state index >= 15 is 0 Å². The Morgan fingerprint density at radius 3 is 2.55 bits per heavy atom. The number of nitrogens with one attached hydrogen (secondary N) is 2. The highest BCUT2D eigenvalue weighted by Crippen LogP contribution is 2.24. The zero-order chi connectivity index (χ0) is 16.4. The maximum absolute atomic E-state index is 11.5. The number of benzene rings is 1. The molecular formula is C15H21BrN2O4. The third kappa shape index (κ3) is 7.31. The van der Waals surface area contributed by atoms with Crippen molar-refractivity contribution in [2.24, 2.45) is 0 Å². The molecule has 1 aromatic rings. The summed E-state index contributed by atoms with van der Waals surface area (Å²) in [5, 5.41) is 13.8. The van der Waals surface area contributed by atoms with E-state index in [0.29, 0.717) is 19.5 Å². The van der Waals surface area contributed by atoms with E-state index in [-0.39, 0.29) is 12.5 Å². The van der Waals surface area contributed by atoms with Crippen LogP contribution in [0.15, 0.2) is 22.7 Å². The van der Waals surface area contributed by atoms with Gasteiger partial charge in [-0.25, -0.2) is 4.79 Å². The van der Waals surface area contributed by atoms with Crippen molar-refractivity contribution in [3.05, 3.63) is 28.2 Å². The van der Waals surface area contributed by atoms with Crippen LogP contribution in [0.25, 0.3) is 0 Å². The van der Waals surface area contributed by atoms with Gasteiger partial charge in [-0.3, -0.25) is 4.79 Å². The minimum Gasteiger partial charge on any atom is -0.496 e. The zero-order valence-electron chi connectivity index (χ0n) is 12.5. The summed E-state index contributed by atoms with van der Waals surface area (Å²) in [6.07, 6.45) is 2.08. The largest absolute Gasteiger partial charge is 0.496 e. The van der Waals surface area contributed by atoms with Crippen molar-refractivity contribution < 1.29 is 19.4 Å². The van der Waals surface area contributed by atoms with Gasteiger partial charge >= 0.3 is 12.0 Å². The molecule has 0 aliphatic heterocycles. The van der Waals surface area contributed by atoms with E-state index < -0.39 is 5.97 Å². The van der Waals surface area contributed by atoms with Crippen LogP contribution in [0, 0.1) is 0 Å². The number of carbonyl (C=O) groups is 2. The highest BCUT2D eigenvalue weighted by molar-refractivity contribution is 9.10. The number of carboxylic acids is 1. The normalized spacial score (nSPS) is 10.1. The molecule has 0 radical (unpaired) electrons. The summed E-state index contributed by atoms with van der Waals surface area (Å²) >= 11 is 3.39. The topological polar surface area (TPSA) is 87.7 Å². The van der Waals surface area contributed by atoms with Gasteiger partial charge in [0.25, 0.3) is 0 Å². The number of rotatable bonds is 9.